The number of rotatable bonds is 4. The van der Waals surface area contributed by atoms with E-state index in [1.807, 2.05) is 19.9 Å². The predicted octanol–water partition coefficient (Wildman–Crippen LogP) is 4.55. The molecule has 0 bridgehead atoms. The predicted molar refractivity (Wildman–Crippen MR) is 96.4 cm³/mol. The van der Waals surface area contributed by atoms with Gasteiger partial charge in [0.2, 0.25) is 0 Å². The van der Waals surface area contributed by atoms with Gasteiger partial charge in [-0.2, -0.15) is 5.10 Å². The third kappa shape index (κ3) is 4.00. The number of benzene rings is 1. The fourth-order valence-electron chi connectivity index (χ4n) is 2.36. The molecule has 0 spiro atoms. The SMILES string of the molecule is Cc1cc(C)n(-c2ccc(C(=O)OCc3ccc(Cl)cc3Cl)cn2)n1. The zero-order chi connectivity index (χ0) is 18.0. The van der Waals surface area contributed by atoms with Crippen LogP contribution in [0.25, 0.3) is 5.82 Å². The van der Waals surface area contributed by atoms with Gasteiger partial charge in [-0.05, 0) is 44.2 Å². The third-order valence-electron chi connectivity index (χ3n) is 3.58. The molecule has 0 aliphatic carbocycles. The van der Waals surface area contributed by atoms with Crippen molar-refractivity contribution in [2.24, 2.45) is 0 Å². The fourth-order valence-corrected chi connectivity index (χ4v) is 2.82. The number of halogens is 2. The van der Waals surface area contributed by atoms with E-state index >= 15 is 0 Å². The van der Waals surface area contributed by atoms with E-state index in [1.165, 1.54) is 6.20 Å². The Kier molecular flexibility index (Phi) is 5.06. The Bertz CT molecular complexity index is 921. The Labute approximate surface area is 155 Å². The number of hydrogen-bond donors (Lipinski definition) is 0. The van der Waals surface area contributed by atoms with Crippen molar-refractivity contribution >= 4 is 29.2 Å². The van der Waals surface area contributed by atoms with E-state index < -0.39 is 5.97 Å². The van der Waals surface area contributed by atoms with Crippen LogP contribution in [0, 0.1) is 13.8 Å². The minimum atomic E-state index is -0.474. The Morgan fingerprint density at radius 3 is 2.56 bits per heavy atom. The molecule has 0 aliphatic rings. The second-order valence-electron chi connectivity index (χ2n) is 5.56. The molecule has 5 nitrogen and oxygen atoms in total. The first-order chi connectivity index (χ1) is 11.9. The molecule has 0 unspecified atom stereocenters. The van der Waals surface area contributed by atoms with Gasteiger partial charge in [-0.1, -0.05) is 29.3 Å². The van der Waals surface area contributed by atoms with E-state index in [1.54, 1.807) is 35.0 Å². The van der Waals surface area contributed by atoms with Crippen LogP contribution in [-0.4, -0.2) is 20.7 Å². The van der Waals surface area contributed by atoms with Crippen molar-refractivity contribution in [3.8, 4) is 5.82 Å². The third-order valence-corrected chi connectivity index (χ3v) is 4.17. The molecule has 3 rings (SSSR count). The molecule has 7 heteroatoms. The number of ether oxygens (including phenoxy) is 1. The molecular formula is C18H15Cl2N3O2. The highest BCUT2D eigenvalue weighted by Crippen LogP contribution is 2.22. The van der Waals surface area contributed by atoms with E-state index in [4.69, 9.17) is 27.9 Å². The van der Waals surface area contributed by atoms with Crippen molar-refractivity contribution in [1.29, 1.82) is 0 Å². The normalized spacial score (nSPS) is 10.7. The first-order valence-electron chi connectivity index (χ1n) is 7.55. The zero-order valence-electron chi connectivity index (χ0n) is 13.7. The number of carbonyl (C=O) groups is 1. The van der Waals surface area contributed by atoms with Gasteiger partial charge in [0.25, 0.3) is 0 Å². The van der Waals surface area contributed by atoms with Gasteiger partial charge in [0, 0.05) is 27.5 Å². The summed E-state index contributed by atoms with van der Waals surface area (Å²) in [7, 11) is 0. The zero-order valence-corrected chi connectivity index (χ0v) is 15.2. The molecule has 1 aromatic carbocycles. The lowest BCUT2D eigenvalue weighted by Gasteiger charge is -2.08. The van der Waals surface area contributed by atoms with Crippen LogP contribution in [0.5, 0.6) is 0 Å². The van der Waals surface area contributed by atoms with Gasteiger partial charge in [-0.25, -0.2) is 14.5 Å². The molecule has 3 aromatic rings. The van der Waals surface area contributed by atoms with Gasteiger partial charge in [0.05, 0.1) is 11.3 Å². The van der Waals surface area contributed by atoms with Gasteiger partial charge in [-0.3, -0.25) is 0 Å². The van der Waals surface area contributed by atoms with Crippen LogP contribution in [0.15, 0.2) is 42.6 Å². The molecule has 0 atom stereocenters. The van der Waals surface area contributed by atoms with E-state index in [2.05, 4.69) is 10.1 Å². The lowest BCUT2D eigenvalue weighted by molar-refractivity contribution is 0.0472. The van der Waals surface area contributed by atoms with Crippen molar-refractivity contribution in [2.75, 3.05) is 0 Å². The van der Waals surface area contributed by atoms with Crippen LogP contribution in [0.3, 0.4) is 0 Å². The van der Waals surface area contributed by atoms with Crippen LogP contribution < -0.4 is 0 Å². The Morgan fingerprint density at radius 1 is 1.16 bits per heavy atom. The van der Waals surface area contributed by atoms with Gasteiger partial charge in [0.1, 0.15) is 6.61 Å². The summed E-state index contributed by atoms with van der Waals surface area (Å²) in [6.45, 7) is 3.92. The summed E-state index contributed by atoms with van der Waals surface area (Å²) < 4.78 is 7.00. The Balaban J connectivity index is 1.69. The van der Waals surface area contributed by atoms with Gasteiger partial charge >= 0.3 is 5.97 Å². The van der Waals surface area contributed by atoms with Crippen molar-refractivity contribution < 1.29 is 9.53 Å². The smallest absolute Gasteiger partial charge is 0.340 e. The molecule has 25 heavy (non-hydrogen) atoms. The maximum Gasteiger partial charge on any atom is 0.340 e. The summed E-state index contributed by atoms with van der Waals surface area (Å²) in [5.41, 5.74) is 2.92. The minimum absolute atomic E-state index is 0.0635. The summed E-state index contributed by atoms with van der Waals surface area (Å²) >= 11 is 11.9. The molecule has 0 aliphatic heterocycles. The average Bonchev–Trinajstić information content (AvgIpc) is 2.92. The van der Waals surface area contributed by atoms with E-state index in [9.17, 15) is 4.79 Å². The summed E-state index contributed by atoms with van der Waals surface area (Å²) in [4.78, 5) is 16.4. The molecule has 2 heterocycles. The number of hydrogen-bond acceptors (Lipinski definition) is 4. The molecule has 128 valence electrons. The maximum atomic E-state index is 12.2. The van der Waals surface area contributed by atoms with Crippen LogP contribution >= 0.6 is 23.2 Å². The largest absolute Gasteiger partial charge is 0.457 e. The summed E-state index contributed by atoms with van der Waals surface area (Å²) in [6.07, 6.45) is 1.47. The molecule has 2 aromatic heterocycles. The number of carbonyl (C=O) groups excluding carboxylic acids is 1. The van der Waals surface area contributed by atoms with Gasteiger partial charge < -0.3 is 4.74 Å². The minimum Gasteiger partial charge on any atom is -0.457 e. The second kappa shape index (κ2) is 7.25. The van der Waals surface area contributed by atoms with Crippen LogP contribution in [0.2, 0.25) is 10.0 Å². The Hall–Kier alpha value is -2.37. The molecule has 0 N–H and O–H groups in total. The van der Waals surface area contributed by atoms with Gasteiger partial charge in [0.15, 0.2) is 5.82 Å². The molecule has 0 saturated carbocycles. The summed E-state index contributed by atoms with van der Waals surface area (Å²) in [5.74, 6) is 0.168. The van der Waals surface area contributed by atoms with Crippen LogP contribution in [-0.2, 0) is 11.3 Å². The number of aryl methyl sites for hydroxylation is 2. The van der Waals surface area contributed by atoms with Crippen LogP contribution in [0.4, 0.5) is 0 Å². The van der Waals surface area contributed by atoms with Crippen molar-refractivity contribution in [3.63, 3.8) is 0 Å². The number of nitrogens with zero attached hydrogens (tertiary/aromatic N) is 3. The van der Waals surface area contributed by atoms with Crippen molar-refractivity contribution in [3.05, 3.63) is 75.2 Å². The lowest BCUT2D eigenvalue weighted by atomic mass is 10.2. The molecule has 0 amide bonds. The molecular weight excluding hydrogens is 361 g/mol. The van der Waals surface area contributed by atoms with E-state index in [-0.39, 0.29) is 6.61 Å². The van der Waals surface area contributed by atoms with Crippen molar-refractivity contribution in [2.45, 2.75) is 20.5 Å². The summed E-state index contributed by atoms with van der Waals surface area (Å²) in [6, 6.07) is 10.4. The van der Waals surface area contributed by atoms with E-state index in [0.29, 0.717) is 27.0 Å². The first-order valence-corrected chi connectivity index (χ1v) is 8.30. The molecule has 0 radical (unpaired) electrons. The number of pyridine rings is 1. The van der Waals surface area contributed by atoms with Crippen molar-refractivity contribution in [1.82, 2.24) is 14.8 Å². The standard InChI is InChI=1S/C18H15Cl2N3O2/c1-11-7-12(2)23(22-11)17-6-4-13(9-21-17)18(24)25-10-14-3-5-15(19)8-16(14)20/h3-9H,10H2,1-2H3. The highest BCUT2D eigenvalue weighted by atomic mass is 35.5. The second-order valence-corrected chi connectivity index (χ2v) is 6.40. The topological polar surface area (TPSA) is 57.0 Å². The monoisotopic (exact) mass is 375 g/mol. The van der Waals surface area contributed by atoms with E-state index in [0.717, 1.165) is 11.4 Å². The molecule has 0 fully saturated rings. The maximum absolute atomic E-state index is 12.2. The fraction of sp³-hybridized carbons (Fsp3) is 0.167. The Morgan fingerprint density at radius 2 is 1.96 bits per heavy atom. The number of esters is 1. The highest BCUT2D eigenvalue weighted by molar-refractivity contribution is 6.35. The lowest BCUT2D eigenvalue weighted by Crippen LogP contribution is -2.08. The highest BCUT2D eigenvalue weighted by Gasteiger charge is 2.11. The summed E-state index contributed by atoms with van der Waals surface area (Å²) in [5, 5.41) is 5.35. The number of aromatic nitrogens is 3. The first kappa shape index (κ1) is 17.5. The quantitative estimate of drug-likeness (QED) is 0.627. The van der Waals surface area contributed by atoms with Gasteiger partial charge in [-0.15, -0.1) is 0 Å². The molecule has 0 saturated heterocycles. The van der Waals surface area contributed by atoms with Crippen LogP contribution in [0.1, 0.15) is 27.3 Å². The average molecular weight is 376 g/mol.